The van der Waals surface area contributed by atoms with Crippen LogP contribution in [0.1, 0.15) is 176 Å². The monoisotopic (exact) mass is 1070 g/mol. The Hall–Kier alpha value is -3.70. The Morgan fingerprint density at radius 2 is 1.35 bits per heavy atom. The van der Waals surface area contributed by atoms with Gasteiger partial charge >= 0.3 is 0 Å². The van der Waals surface area contributed by atoms with Crippen LogP contribution >= 0.6 is 11.3 Å². The number of hydrogen-bond donors (Lipinski definition) is 1. The molecule has 0 saturated carbocycles. The standard InChI is InChI=1S/C46H49FNS.C13H24O2.Ir/c1-25-28(36-37-32(43(5,6)23-45(37,9)10)21-33-38(36)46(11,12)24-44(33,7)8)17-18-30-35-34(47)22-48-39(41(35)49-40(25)30)27-19-26-15-13-14-16-29(26)31(20-27)42(2,3)4;1-5-10(6-2)12(14)9-13(15)11(7-3)8-4;/h13-18,20-22H,23-24H2,1-12H3;9-11,14H,5-8H2,1-4H3;/q-1;;/b;12-9-;. The third-order valence-electron chi connectivity index (χ3n) is 15.0. The van der Waals surface area contributed by atoms with Crippen molar-refractivity contribution in [3.8, 4) is 22.4 Å². The van der Waals surface area contributed by atoms with Crippen molar-refractivity contribution in [2.45, 2.75) is 176 Å². The fourth-order valence-corrected chi connectivity index (χ4v) is 13.5. The Bertz CT molecular complexity index is 2770. The summed E-state index contributed by atoms with van der Waals surface area (Å²) in [6.45, 7) is 36.6. The van der Waals surface area contributed by atoms with Gasteiger partial charge in [-0.05, 0) is 111 Å². The molecule has 6 heteroatoms. The predicted octanol–water partition coefficient (Wildman–Crippen LogP) is 17.3. The van der Waals surface area contributed by atoms with Crippen molar-refractivity contribution < 1.29 is 34.4 Å². The summed E-state index contributed by atoms with van der Waals surface area (Å²) in [6, 6.07) is 21.5. The largest absolute Gasteiger partial charge is 0.512 e. The van der Waals surface area contributed by atoms with Crippen molar-refractivity contribution in [1.82, 2.24) is 4.98 Å². The van der Waals surface area contributed by atoms with Crippen molar-refractivity contribution in [3.63, 3.8) is 0 Å². The number of aliphatic hydroxyl groups is 1. The molecular weight excluding hydrogens is 998 g/mol. The number of allylic oxidation sites excluding steroid dienone is 2. The zero-order valence-corrected chi connectivity index (χ0v) is 45.3. The third-order valence-corrected chi connectivity index (χ3v) is 16.3. The minimum absolute atomic E-state index is 0. The Balaban J connectivity index is 0.000000378. The molecule has 0 aliphatic heterocycles. The van der Waals surface area contributed by atoms with Crippen LogP contribution in [0.4, 0.5) is 4.39 Å². The van der Waals surface area contributed by atoms with E-state index in [1.165, 1.54) is 62.2 Å². The molecule has 0 unspecified atom stereocenters. The number of thiophene rings is 1. The molecule has 65 heavy (non-hydrogen) atoms. The molecule has 0 fully saturated rings. The van der Waals surface area contributed by atoms with Crippen LogP contribution < -0.4 is 0 Å². The summed E-state index contributed by atoms with van der Waals surface area (Å²) in [5.41, 5.74) is 13.2. The molecule has 349 valence electrons. The second-order valence-corrected chi connectivity index (χ2v) is 23.8. The molecule has 6 aromatic rings. The number of aryl methyl sites for hydroxylation is 1. The van der Waals surface area contributed by atoms with Crippen molar-refractivity contribution >= 4 is 48.1 Å². The number of carbonyl (C=O) groups is 1. The number of rotatable bonds is 9. The summed E-state index contributed by atoms with van der Waals surface area (Å²) < 4.78 is 18.0. The Morgan fingerprint density at radius 1 is 0.800 bits per heavy atom. The van der Waals surface area contributed by atoms with Crippen LogP contribution in [0.5, 0.6) is 0 Å². The number of ketones is 1. The van der Waals surface area contributed by atoms with E-state index in [0.29, 0.717) is 5.39 Å². The van der Waals surface area contributed by atoms with Crippen LogP contribution in [0.3, 0.4) is 0 Å². The zero-order valence-electron chi connectivity index (χ0n) is 42.1. The van der Waals surface area contributed by atoms with Crippen molar-refractivity contribution in [1.29, 1.82) is 0 Å². The van der Waals surface area contributed by atoms with Gasteiger partial charge in [-0.1, -0.05) is 151 Å². The number of benzene rings is 4. The molecule has 0 atom stereocenters. The van der Waals surface area contributed by atoms with E-state index in [0.717, 1.165) is 70.0 Å². The Kier molecular flexibility index (Phi) is 14.1. The second kappa shape index (κ2) is 18.1. The molecule has 0 spiro atoms. The first kappa shape index (κ1) is 50.7. The first-order valence-corrected chi connectivity index (χ1v) is 24.8. The van der Waals surface area contributed by atoms with Gasteiger partial charge in [0.15, 0.2) is 5.78 Å². The van der Waals surface area contributed by atoms with E-state index in [4.69, 9.17) is 4.98 Å². The zero-order chi connectivity index (χ0) is 47.1. The van der Waals surface area contributed by atoms with E-state index < -0.39 is 0 Å². The van der Waals surface area contributed by atoms with E-state index in [-0.39, 0.29) is 76.4 Å². The van der Waals surface area contributed by atoms with Gasteiger partial charge in [0.25, 0.3) is 0 Å². The molecule has 4 aromatic carbocycles. The van der Waals surface area contributed by atoms with Gasteiger partial charge in [0.05, 0.1) is 12.0 Å². The summed E-state index contributed by atoms with van der Waals surface area (Å²) in [7, 11) is 0. The first-order valence-electron chi connectivity index (χ1n) is 24.0. The summed E-state index contributed by atoms with van der Waals surface area (Å²) >= 11 is 1.69. The number of carbonyl (C=O) groups excluding carboxylic acids is 1. The SMILES string of the molecule is CCC(CC)C(=O)/C=C(\O)C(CC)CC.Cc1c(-c2c3c(cc4c2C(C)(C)CC4(C)C)C(C)(C)CC3(C)C)ccc2c1sc1c(-c3[c-]c4ccccc4c(C(C)(C)C)c3)ncc(F)c12.[Ir]. The molecule has 2 aromatic heterocycles. The van der Waals surface area contributed by atoms with Gasteiger partial charge < -0.3 is 5.11 Å². The number of aliphatic hydroxyl groups excluding tert-OH is 1. The van der Waals surface area contributed by atoms with Gasteiger partial charge in [0, 0.05) is 63.9 Å². The van der Waals surface area contributed by atoms with Gasteiger partial charge in [-0.2, -0.15) is 0 Å². The van der Waals surface area contributed by atoms with E-state index in [9.17, 15) is 9.90 Å². The molecule has 0 bridgehead atoms. The quantitative estimate of drug-likeness (QED) is 0.0892. The fraction of sp³-hybridized carbons (Fsp3) is 0.492. The molecule has 0 amide bonds. The van der Waals surface area contributed by atoms with Gasteiger partial charge in [-0.3, -0.25) is 9.78 Å². The smallest absolute Gasteiger partial charge is 0.162 e. The predicted molar refractivity (Wildman–Crippen MR) is 273 cm³/mol. The molecule has 8 rings (SSSR count). The topological polar surface area (TPSA) is 50.2 Å². The summed E-state index contributed by atoms with van der Waals surface area (Å²) in [5, 5.41) is 13.7. The van der Waals surface area contributed by atoms with E-state index in [1.54, 1.807) is 11.3 Å². The van der Waals surface area contributed by atoms with Crippen LogP contribution in [0.25, 0.3) is 53.3 Å². The maximum atomic E-state index is 16.0. The van der Waals surface area contributed by atoms with Gasteiger partial charge in [0.1, 0.15) is 5.82 Å². The van der Waals surface area contributed by atoms with E-state index in [2.05, 4.69) is 138 Å². The maximum Gasteiger partial charge on any atom is 0.162 e. The minimum Gasteiger partial charge on any atom is -0.512 e. The molecule has 2 heterocycles. The van der Waals surface area contributed by atoms with Crippen LogP contribution in [0.15, 0.2) is 66.6 Å². The van der Waals surface area contributed by atoms with Gasteiger partial charge in [-0.15, -0.1) is 40.5 Å². The Morgan fingerprint density at radius 3 is 1.89 bits per heavy atom. The molecular formula is C59H73FIrNO2S-. The van der Waals surface area contributed by atoms with Crippen LogP contribution in [0.2, 0.25) is 0 Å². The number of aromatic nitrogens is 1. The van der Waals surface area contributed by atoms with Crippen molar-refractivity contribution in [3.05, 3.63) is 112 Å². The number of hydrogen-bond acceptors (Lipinski definition) is 4. The van der Waals surface area contributed by atoms with Gasteiger partial charge in [-0.25, -0.2) is 4.39 Å². The summed E-state index contributed by atoms with van der Waals surface area (Å²) in [4.78, 5) is 16.5. The van der Waals surface area contributed by atoms with Crippen molar-refractivity contribution in [2.24, 2.45) is 11.8 Å². The minimum atomic E-state index is -0.263. The van der Waals surface area contributed by atoms with Gasteiger partial charge in [0.2, 0.25) is 0 Å². The van der Waals surface area contributed by atoms with Crippen LogP contribution in [-0.4, -0.2) is 15.9 Å². The molecule has 1 radical (unpaired) electrons. The second-order valence-electron chi connectivity index (χ2n) is 22.8. The van der Waals surface area contributed by atoms with E-state index in [1.807, 2.05) is 27.7 Å². The van der Waals surface area contributed by atoms with E-state index >= 15 is 4.39 Å². The normalized spacial score (nSPS) is 17.1. The first-order chi connectivity index (χ1) is 29.8. The number of fused-ring (bicyclic) bond motifs is 6. The number of nitrogens with zero attached hydrogens (tertiary/aromatic N) is 1. The molecule has 0 saturated heterocycles. The summed E-state index contributed by atoms with van der Waals surface area (Å²) in [5.74, 6) is 0.285. The Labute approximate surface area is 407 Å². The average molecular weight is 1070 g/mol. The fourth-order valence-electron chi connectivity index (χ4n) is 12.2. The van der Waals surface area contributed by atoms with Crippen LogP contribution in [0, 0.1) is 30.6 Å². The van der Waals surface area contributed by atoms with Crippen molar-refractivity contribution in [2.75, 3.05) is 0 Å². The third kappa shape index (κ3) is 8.95. The molecule has 2 aliphatic carbocycles. The van der Waals surface area contributed by atoms with Crippen LogP contribution in [-0.2, 0) is 52.0 Å². The molecule has 1 N–H and O–H groups in total. The molecule has 2 aliphatic rings. The molecule has 3 nitrogen and oxygen atoms in total. The average Bonchev–Trinajstić information content (AvgIpc) is 3.76. The number of halogens is 1. The number of pyridine rings is 1. The summed E-state index contributed by atoms with van der Waals surface area (Å²) in [6.07, 6.45) is 8.56. The maximum absolute atomic E-state index is 16.0.